The number of halogens is 1. The molecule has 0 saturated carbocycles. The van der Waals surface area contributed by atoms with Crippen molar-refractivity contribution in [3.05, 3.63) is 69.9 Å². The highest BCUT2D eigenvalue weighted by atomic mass is 32.2. The van der Waals surface area contributed by atoms with E-state index in [0.29, 0.717) is 24.4 Å². The fourth-order valence-electron chi connectivity index (χ4n) is 3.35. The number of carbonyl (C=O) groups is 1. The molecule has 3 aromatic rings. The van der Waals surface area contributed by atoms with Gasteiger partial charge < -0.3 is 5.32 Å². The number of amides is 1. The first-order chi connectivity index (χ1) is 14.9. The number of sulfonamides is 1. The number of aromatic nitrogens is 2. The van der Waals surface area contributed by atoms with Crippen LogP contribution in [0.4, 0.5) is 10.1 Å². The minimum absolute atomic E-state index is 0.0343. The molecule has 158 valence electrons. The van der Waals surface area contributed by atoms with Gasteiger partial charge >= 0.3 is 0 Å². The number of benzene rings is 2. The smallest absolute Gasteiger partial charge is 0.286 e. The maximum atomic E-state index is 13.3. The highest BCUT2D eigenvalue weighted by Crippen LogP contribution is 2.37. The summed E-state index contributed by atoms with van der Waals surface area (Å²) in [5.74, 6) is -1.04. The van der Waals surface area contributed by atoms with Crippen LogP contribution in [0, 0.1) is 17.1 Å². The second-order valence-corrected chi connectivity index (χ2v) is 9.72. The van der Waals surface area contributed by atoms with E-state index in [1.54, 1.807) is 6.07 Å². The van der Waals surface area contributed by atoms with Crippen LogP contribution in [0.1, 0.15) is 39.3 Å². The molecule has 1 unspecified atom stereocenters. The minimum Gasteiger partial charge on any atom is -0.320 e. The highest BCUT2D eigenvalue weighted by Gasteiger charge is 2.38. The number of hydrogen-bond donors (Lipinski definition) is 1. The Balaban J connectivity index is 1.56. The van der Waals surface area contributed by atoms with Crippen LogP contribution in [0.3, 0.4) is 0 Å². The Kier molecular flexibility index (Phi) is 5.77. The molecule has 11 heteroatoms. The minimum atomic E-state index is -3.85. The Labute approximate surface area is 182 Å². The van der Waals surface area contributed by atoms with E-state index in [1.165, 1.54) is 46.8 Å². The average Bonchev–Trinajstić information content (AvgIpc) is 3.43. The van der Waals surface area contributed by atoms with Crippen molar-refractivity contribution in [2.45, 2.75) is 23.8 Å². The molecule has 0 aliphatic carbocycles. The maximum Gasteiger partial charge on any atom is 0.286 e. The summed E-state index contributed by atoms with van der Waals surface area (Å²) in [4.78, 5) is 12.5. The molecule has 2 heterocycles. The number of carbonyl (C=O) groups excluding carboxylic acids is 1. The summed E-state index contributed by atoms with van der Waals surface area (Å²) in [6.07, 6.45) is 1.17. The molecule has 1 aromatic heterocycles. The molecule has 1 fully saturated rings. The van der Waals surface area contributed by atoms with E-state index < -0.39 is 27.8 Å². The Morgan fingerprint density at radius 2 is 2.03 bits per heavy atom. The molecule has 1 aliphatic heterocycles. The molecule has 0 spiro atoms. The van der Waals surface area contributed by atoms with Crippen LogP contribution in [-0.4, -0.2) is 35.4 Å². The number of anilines is 1. The predicted octanol–water partition coefficient (Wildman–Crippen LogP) is 3.33. The number of nitrogens with zero attached hydrogens (tertiary/aromatic N) is 4. The van der Waals surface area contributed by atoms with Crippen LogP contribution in [-0.2, 0) is 10.0 Å². The SMILES string of the molecule is N#Cc1cccc(S(=O)(=O)N2CCCC2c2nnc(C(=O)Nc3cccc(F)c3)s2)c1. The summed E-state index contributed by atoms with van der Waals surface area (Å²) in [6, 6.07) is 12.7. The molecule has 4 rings (SSSR count). The first-order valence-corrected chi connectivity index (χ1v) is 11.6. The quantitative estimate of drug-likeness (QED) is 0.628. The van der Waals surface area contributed by atoms with Crippen molar-refractivity contribution in [2.75, 3.05) is 11.9 Å². The molecular formula is C20H16FN5O3S2. The summed E-state index contributed by atoms with van der Waals surface area (Å²) in [5, 5.41) is 20.0. The van der Waals surface area contributed by atoms with Crippen LogP contribution in [0.5, 0.6) is 0 Å². The summed E-state index contributed by atoms with van der Waals surface area (Å²) in [5.41, 5.74) is 0.535. The largest absolute Gasteiger partial charge is 0.320 e. The van der Waals surface area contributed by atoms with Crippen LogP contribution in [0.15, 0.2) is 53.4 Å². The highest BCUT2D eigenvalue weighted by molar-refractivity contribution is 7.89. The van der Waals surface area contributed by atoms with Crippen LogP contribution in [0.2, 0.25) is 0 Å². The first kappa shape index (κ1) is 21.0. The molecule has 1 atom stereocenters. The van der Waals surface area contributed by atoms with Crippen LogP contribution in [0.25, 0.3) is 0 Å². The van der Waals surface area contributed by atoms with Gasteiger partial charge in [-0.3, -0.25) is 4.79 Å². The van der Waals surface area contributed by atoms with Crippen molar-refractivity contribution in [3.63, 3.8) is 0 Å². The molecule has 0 radical (unpaired) electrons. The third kappa shape index (κ3) is 4.32. The zero-order valence-corrected chi connectivity index (χ0v) is 17.7. The molecular weight excluding hydrogens is 441 g/mol. The van der Waals surface area contributed by atoms with Crippen molar-refractivity contribution >= 4 is 33.0 Å². The Bertz CT molecular complexity index is 1290. The van der Waals surface area contributed by atoms with E-state index in [1.807, 2.05) is 6.07 Å². The van der Waals surface area contributed by atoms with Crippen molar-refractivity contribution in [2.24, 2.45) is 0 Å². The zero-order valence-electron chi connectivity index (χ0n) is 16.0. The lowest BCUT2D eigenvalue weighted by Crippen LogP contribution is -2.30. The van der Waals surface area contributed by atoms with Gasteiger partial charge in [-0.1, -0.05) is 23.5 Å². The molecule has 0 bridgehead atoms. The lowest BCUT2D eigenvalue weighted by atomic mass is 10.2. The third-order valence-electron chi connectivity index (χ3n) is 4.78. The Hall–Kier alpha value is -3.20. The molecule has 31 heavy (non-hydrogen) atoms. The number of nitriles is 1. The summed E-state index contributed by atoms with van der Waals surface area (Å²) >= 11 is 0.998. The summed E-state index contributed by atoms with van der Waals surface area (Å²) in [6.45, 7) is 0.300. The topological polar surface area (TPSA) is 116 Å². The second-order valence-electron chi connectivity index (χ2n) is 6.82. The normalized spacial score (nSPS) is 16.7. The van der Waals surface area contributed by atoms with Gasteiger partial charge in [0, 0.05) is 12.2 Å². The van der Waals surface area contributed by atoms with Gasteiger partial charge in [0.2, 0.25) is 15.0 Å². The van der Waals surface area contributed by atoms with Crippen LogP contribution < -0.4 is 5.32 Å². The average molecular weight is 458 g/mol. The van der Waals surface area contributed by atoms with Gasteiger partial charge in [-0.25, -0.2) is 12.8 Å². The van der Waals surface area contributed by atoms with E-state index in [0.717, 1.165) is 11.3 Å². The van der Waals surface area contributed by atoms with Gasteiger partial charge in [0.05, 0.1) is 22.6 Å². The predicted molar refractivity (Wildman–Crippen MR) is 111 cm³/mol. The van der Waals surface area contributed by atoms with Crippen molar-refractivity contribution < 1.29 is 17.6 Å². The number of nitrogens with one attached hydrogen (secondary N) is 1. The van der Waals surface area contributed by atoms with Gasteiger partial charge in [-0.2, -0.15) is 9.57 Å². The van der Waals surface area contributed by atoms with Gasteiger partial charge in [0.25, 0.3) is 5.91 Å². The van der Waals surface area contributed by atoms with Crippen LogP contribution >= 0.6 is 11.3 Å². The van der Waals surface area contributed by atoms with E-state index >= 15 is 0 Å². The van der Waals surface area contributed by atoms with E-state index in [2.05, 4.69) is 15.5 Å². The zero-order chi connectivity index (χ0) is 22.0. The summed E-state index contributed by atoms with van der Waals surface area (Å²) < 4.78 is 41.0. The van der Waals surface area contributed by atoms with Gasteiger partial charge in [0.15, 0.2) is 0 Å². The van der Waals surface area contributed by atoms with Crippen molar-refractivity contribution in [1.82, 2.24) is 14.5 Å². The number of rotatable bonds is 5. The molecule has 1 N–H and O–H groups in total. The molecule has 1 amide bonds. The molecule has 8 nitrogen and oxygen atoms in total. The Morgan fingerprint density at radius 1 is 1.23 bits per heavy atom. The monoisotopic (exact) mass is 457 g/mol. The lowest BCUT2D eigenvalue weighted by molar-refractivity contribution is 0.102. The Morgan fingerprint density at radius 3 is 2.81 bits per heavy atom. The standard InChI is InChI=1S/C20H16FN5O3S2/c21-14-5-2-6-15(11-14)23-18(27)20-25-24-19(30-20)17-8-3-9-26(17)31(28,29)16-7-1-4-13(10-16)12-22/h1-2,4-7,10-11,17H,3,8-9H2,(H,23,27). The van der Waals surface area contributed by atoms with Crippen molar-refractivity contribution in [1.29, 1.82) is 5.26 Å². The maximum absolute atomic E-state index is 13.3. The number of hydrogen-bond acceptors (Lipinski definition) is 7. The molecule has 1 saturated heterocycles. The summed E-state index contributed by atoms with van der Waals surface area (Å²) in [7, 11) is -3.85. The van der Waals surface area contributed by atoms with Gasteiger partial charge in [0.1, 0.15) is 10.8 Å². The fourth-order valence-corrected chi connectivity index (χ4v) is 6.01. The van der Waals surface area contributed by atoms with Crippen molar-refractivity contribution in [3.8, 4) is 6.07 Å². The lowest BCUT2D eigenvalue weighted by Gasteiger charge is -2.22. The fraction of sp³-hybridized carbons (Fsp3) is 0.200. The van der Waals surface area contributed by atoms with Gasteiger partial charge in [-0.05, 0) is 49.2 Å². The van der Waals surface area contributed by atoms with E-state index in [4.69, 9.17) is 5.26 Å². The second kappa shape index (κ2) is 8.50. The van der Waals surface area contributed by atoms with Gasteiger partial charge in [-0.15, -0.1) is 10.2 Å². The molecule has 1 aliphatic rings. The van der Waals surface area contributed by atoms with E-state index in [9.17, 15) is 17.6 Å². The first-order valence-electron chi connectivity index (χ1n) is 9.31. The molecule has 2 aromatic carbocycles. The van der Waals surface area contributed by atoms with E-state index in [-0.39, 0.29) is 21.2 Å². The third-order valence-corrected chi connectivity index (χ3v) is 7.70.